The van der Waals surface area contributed by atoms with E-state index in [-0.39, 0.29) is 19.8 Å². The number of nitrogens with zero attached hydrogens (tertiary/aromatic N) is 1. The summed E-state index contributed by atoms with van der Waals surface area (Å²) >= 11 is 6.50. The molecular formula is C27H23ClN2O6. The number of fused-ring (bicyclic) bond motifs is 2. The van der Waals surface area contributed by atoms with Crippen LogP contribution in [0.25, 0.3) is 10.9 Å². The van der Waals surface area contributed by atoms with Crippen molar-refractivity contribution in [2.45, 2.75) is 19.0 Å². The maximum atomic E-state index is 13.7. The molecule has 1 amide bonds. The number of ether oxygens (including phenoxy) is 3. The number of methoxy groups -OCH3 is 1. The minimum absolute atomic E-state index is 0.0420. The predicted molar refractivity (Wildman–Crippen MR) is 134 cm³/mol. The Morgan fingerprint density at radius 2 is 1.81 bits per heavy atom. The quantitative estimate of drug-likeness (QED) is 0.352. The zero-order valence-electron chi connectivity index (χ0n) is 19.4. The SMILES string of the molecule is COc1ccc(C(=O)N(Cc2cc3c(cc2Cl)OCO3)C(Cc2c[nH]c3ccccc23)C(=O)O)cc1. The number of halogens is 1. The number of hydrogen-bond donors (Lipinski definition) is 2. The summed E-state index contributed by atoms with van der Waals surface area (Å²) in [4.78, 5) is 30.8. The number of amides is 1. The van der Waals surface area contributed by atoms with Gasteiger partial charge in [0.25, 0.3) is 5.91 Å². The second-order valence-electron chi connectivity index (χ2n) is 8.38. The number of carbonyl (C=O) groups excluding carboxylic acids is 1. The molecule has 2 heterocycles. The topological polar surface area (TPSA) is 101 Å². The standard InChI is InChI=1S/C27H23ClN2O6/c1-34-19-8-6-16(7-9-19)26(31)30(14-18-11-24-25(12-21(18)28)36-15-35-24)23(27(32)33)10-17-13-29-22-5-3-2-4-20(17)22/h2-9,11-13,23,29H,10,14-15H2,1H3,(H,32,33). The molecule has 184 valence electrons. The number of nitrogens with one attached hydrogen (secondary N) is 1. The minimum Gasteiger partial charge on any atom is -0.497 e. The van der Waals surface area contributed by atoms with E-state index in [0.717, 1.165) is 16.5 Å². The van der Waals surface area contributed by atoms with E-state index in [1.54, 1.807) is 42.6 Å². The molecular weight excluding hydrogens is 484 g/mol. The number of carbonyl (C=O) groups is 2. The summed E-state index contributed by atoms with van der Waals surface area (Å²) in [6, 6.07) is 16.3. The molecule has 0 saturated heterocycles. The average molecular weight is 507 g/mol. The fourth-order valence-corrected chi connectivity index (χ4v) is 4.54. The number of hydrogen-bond acceptors (Lipinski definition) is 5. The lowest BCUT2D eigenvalue weighted by Crippen LogP contribution is -2.46. The number of benzene rings is 3. The normalized spacial score (nSPS) is 12.9. The van der Waals surface area contributed by atoms with Crippen LogP contribution in [-0.4, -0.2) is 46.8 Å². The van der Waals surface area contributed by atoms with Gasteiger partial charge >= 0.3 is 5.97 Å². The highest BCUT2D eigenvalue weighted by molar-refractivity contribution is 6.31. The summed E-state index contributed by atoms with van der Waals surface area (Å²) in [5, 5.41) is 11.5. The van der Waals surface area contributed by atoms with Crippen LogP contribution in [0.3, 0.4) is 0 Å². The Labute approximate surface area is 212 Å². The third-order valence-corrected chi connectivity index (χ3v) is 6.58. The van der Waals surface area contributed by atoms with Crippen molar-refractivity contribution in [3.63, 3.8) is 0 Å². The highest BCUT2D eigenvalue weighted by Crippen LogP contribution is 2.37. The van der Waals surface area contributed by atoms with Gasteiger partial charge in [-0.25, -0.2) is 4.79 Å². The van der Waals surface area contributed by atoms with Crippen molar-refractivity contribution in [2.24, 2.45) is 0 Å². The molecule has 2 N–H and O–H groups in total. The van der Waals surface area contributed by atoms with E-state index >= 15 is 0 Å². The van der Waals surface area contributed by atoms with Crippen molar-refractivity contribution in [1.29, 1.82) is 0 Å². The first-order valence-electron chi connectivity index (χ1n) is 11.3. The smallest absolute Gasteiger partial charge is 0.326 e. The Kier molecular flexibility index (Phi) is 6.43. The molecule has 0 aliphatic carbocycles. The molecule has 36 heavy (non-hydrogen) atoms. The fraction of sp³-hybridized carbons (Fsp3) is 0.185. The zero-order valence-corrected chi connectivity index (χ0v) is 20.1. The lowest BCUT2D eigenvalue weighted by atomic mass is 10.0. The molecule has 9 heteroatoms. The third kappa shape index (κ3) is 4.55. The van der Waals surface area contributed by atoms with Gasteiger partial charge in [-0.1, -0.05) is 29.8 Å². The van der Waals surface area contributed by atoms with E-state index in [1.807, 2.05) is 24.3 Å². The van der Waals surface area contributed by atoms with Crippen molar-refractivity contribution in [3.05, 3.63) is 88.6 Å². The molecule has 1 aromatic heterocycles. The maximum absolute atomic E-state index is 13.7. The summed E-state index contributed by atoms with van der Waals surface area (Å²) in [5.41, 5.74) is 2.57. The molecule has 0 spiro atoms. The van der Waals surface area contributed by atoms with Crippen LogP contribution in [0, 0.1) is 0 Å². The summed E-state index contributed by atoms with van der Waals surface area (Å²) in [6.45, 7) is 0.0293. The molecule has 8 nitrogen and oxygen atoms in total. The van der Waals surface area contributed by atoms with Crippen molar-refractivity contribution in [1.82, 2.24) is 9.88 Å². The van der Waals surface area contributed by atoms with Crippen LogP contribution in [-0.2, 0) is 17.8 Å². The largest absolute Gasteiger partial charge is 0.497 e. The molecule has 0 radical (unpaired) electrons. The van der Waals surface area contributed by atoms with Gasteiger partial charge in [0, 0.05) is 46.7 Å². The molecule has 1 aliphatic heterocycles. The Hall–Kier alpha value is -4.17. The van der Waals surface area contributed by atoms with Gasteiger partial charge < -0.3 is 29.2 Å². The van der Waals surface area contributed by atoms with Crippen LogP contribution < -0.4 is 14.2 Å². The average Bonchev–Trinajstić information content (AvgIpc) is 3.52. The van der Waals surface area contributed by atoms with Gasteiger partial charge in [0.2, 0.25) is 6.79 Å². The number of carboxylic acids is 1. The van der Waals surface area contributed by atoms with E-state index < -0.39 is 17.9 Å². The van der Waals surface area contributed by atoms with Crippen LogP contribution in [0.5, 0.6) is 17.2 Å². The monoisotopic (exact) mass is 506 g/mol. The van der Waals surface area contributed by atoms with E-state index in [1.165, 1.54) is 12.0 Å². The lowest BCUT2D eigenvalue weighted by Gasteiger charge is -2.30. The van der Waals surface area contributed by atoms with Crippen molar-refractivity contribution < 1.29 is 28.9 Å². The molecule has 4 aromatic rings. The van der Waals surface area contributed by atoms with Crippen LogP contribution in [0.15, 0.2) is 66.9 Å². The van der Waals surface area contributed by atoms with Gasteiger partial charge in [-0.15, -0.1) is 0 Å². The number of carboxylic acid groups (broad SMARTS) is 1. The number of aliphatic carboxylic acids is 1. The molecule has 1 atom stereocenters. The third-order valence-electron chi connectivity index (χ3n) is 6.23. The van der Waals surface area contributed by atoms with Crippen LogP contribution in [0.2, 0.25) is 5.02 Å². The maximum Gasteiger partial charge on any atom is 0.326 e. The van der Waals surface area contributed by atoms with Crippen LogP contribution >= 0.6 is 11.6 Å². The molecule has 0 saturated carbocycles. The zero-order chi connectivity index (χ0) is 25.2. The molecule has 5 rings (SSSR count). The highest BCUT2D eigenvalue weighted by atomic mass is 35.5. The predicted octanol–water partition coefficient (Wildman–Crippen LogP) is 4.90. The second-order valence-corrected chi connectivity index (χ2v) is 8.78. The Balaban J connectivity index is 1.54. The molecule has 0 fully saturated rings. The summed E-state index contributed by atoms with van der Waals surface area (Å²) in [7, 11) is 1.53. The Morgan fingerprint density at radius 3 is 2.53 bits per heavy atom. The second kappa shape index (κ2) is 9.83. The Morgan fingerprint density at radius 1 is 1.08 bits per heavy atom. The van der Waals surface area contributed by atoms with E-state index in [4.69, 9.17) is 25.8 Å². The number of rotatable bonds is 8. The van der Waals surface area contributed by atoms with E-state index in [0.29, 0.717) is 33.4 Å². The van der Waals surface area contributed by atoms with Gasteiger partial charge in [-0.05, 0) is 47.5 Å². The van der Waals surface area contributed by atoms with Gasteiger partial charge in [0.05, 0.1) is 7.11 Å². The van der Waals surface area contributed by atoms with E-state index in [2.05, 4.69) is 4.98 Å². The van der Waals surface area contributed by atoms with Gasteiger partial charge in [-0.2, -0.15) is 0 Å². The lowest BCUT2D eigenvalue weighted by molar-refractivity contribution is -0.142. The first-order valence-corrected chi connectivity index (χ1v) is 11.6. The van der Waals surface area contributed by atoms with Crippen LogP contribution in [0.4, 0.5) is 0 Å². The number of para-hydroxylation sites is 1. The summed E-state index contributed by atoms with van der Waals surface area (Å²) < 4.78 is 16.0. The van der Waals surface area contributed by atoms with Gasteiger partial charge in [0.1, 0.15) is 11.8 Å². The Bertz CT molecular complexity index is 1430. The molecule has 0 bridgehead atoms. The van der Waals surface area contributed by atoms with Crippen molar-refractivity contribution >= 4 is 34.4 Å². The number of H-pyrrole nitrogens is 1. The van der Waals surface area contributed by atoms with E-state index in [9.17, 15) is 14.7 Å². The molecule has 1 aliphatic rings. The summed E-state index contributed by atoms with van der Waals surface area (Å²) in [5.74, 6) is 0.0169. The van der Waals surface area contributed by atoms with Gasteiger partial charge in [0.15, 0.2) is 11.5 Å². The van der Waals surface area contributed by atoms with Crippen LogP contribution in [0.1, 0.15) is 21.5 Å². The van der Waals surface area contributed by atoms with Gasteiger partial charge in [-0.3, -0.25) is 4.79 Å². The fourth-order valence-electron chi connectivity index (χ4n) is 4.33. The molecule has 1 unspecified atom stereocenters. The summed E-state index contributed by atoms with van der Waals surface area (Å²) in [6.07, 6.45) is 1.88. The minimum atomic E-state index is -1.17. The number of aromatic amines is 1. The number of aromatic nitrogens is 1. The van der Waals surface area contributed by atoms with Crippen molar-refractivity contribution in [3.8, 4) is 17.2 Å². The first kappa shape index (κ1) is 23.6. The molecule has 3 aromatic carbocycles. The highest BCUT2D eigenvalue weighted by Gasteiger charge is 2.32. The first-order chi connectivity index (χ1) is 17.4. The van der Waals surface area contributed by atoms with Crippen molar-refractivity contribution in [2.75, 3.05) is 13.9 Å².